The average molecular weight is 274 g/mol. The lowest BCUT2D eigenvalue weighted by Gasteiger charge is -2.34. The van der Waals surface area contributed by atoms with E-state index in [1.165, 1.54) is 0 Å². The first-order chi connectivity index (χ1) is 9.67. The summed E-state index contributed by atoms with van der Waals surface area (Å²) in [5, 5.41) is 0. The summed E-state index contributed by atoms with van der Waals surface area (Å²) in [4.78, 5) is 12.0. The van der Waals surface area contributed by atoms with Crippen molar-refractivity contribution in [3.63, 3.8) is 0 Å². The Kier molecular flexibility index (Phi) is 3.59. The molecular formula is C16H18O4. The Balaban J connectivity index is 1.79. The Morgan fingerprint density at radius 3 is 2.60 bits per heavy atom. The zero-order valence-corrected chi connectivity index (χ0v) is 11.5. The van der Waals surface area contributed by atoms with Crippen molar-refractivity contribution in [2.24, 2.45) is 5.92 Å². The molecule has 0 N–H and O–H groups in total. The second kappa shape index (κ2) is 5.38. The highest BCUT2D eigenvalue weighted by Crippen LogP contribution is 2.36. The molecule has 1 aromatic carbocycles. The third-order valence-electron chi connectivity index (χ3n) is 3.81. The van der Waals surface area contributed by atoms with Crippen molar-refractivity contribution in [3.05, 3.63) is 41.5 Å². The average Bonchev–Trinajstić information content (AvgIpc) is 2.90. The summed E-state index contributed by atoms with van der Waals surface area (Å²) in [6.07, 6.45) is 2.68. The third kappa shape index (κ3) is 2.62. The van der Waals surface area contributed by atoms with E-state index in [2.05, 4.69) is 6.08 Å². The molecule has 4 heteroatoms. The van der Waals surface area contributed by atoms with Crippen LogP contribution in [0.25, 0.3) is 6.08 Å². The van der Waals surface area contributed by atoms with Crippen molar-refractivity contribution in [3.8, 4) is 0 Å². The van der Waals surface area contributed by atoms with Gasteiger partial charge in [-0.25, -0.2) is 0 Å². The molecule has 1 aromatic rings. The lowest BCUT2D eigenvalue weighted by atomic mass is 9.89. The minimum Gasteiger partial charge on any atom is -0.461 e. The van der Waals surface area contributed by atoms with Crippen molar-refractivity contribution in [1.82, 2.24) is 0 Å². The first kappa shape index (κ1) is 13.3. The molecule has 1 unspecified atom stereocenters. The molecule has 2 aliphatic heterocycles. The van der Waals surface area contributed by atoms with E-state index in [4.69, 9.17) is 14.2 Å². The standard InChI is InChI=1S/C16H18O4/c1-16(19-7-8-20-16)14-10-13(11-18-15(14)17)9-12-5-3-2-4-6-12/h2-6,9,14H,7-8,10-11H2,1H3. The molecule has 0 radical (unpaired) electrons. The fraction of sp³-hybridized carbons (Fsp3) is 0.438. The Morgan fingerprint density at radius 2 is 1.90 bits per heavy atom. The van der Waals surface area contributed by atoms with Crippen molar-refractivity contribution >= 4 is 12.0 Å². The van der Waals surface area contributed by atoms with Crippen molar-refractivity contribution in [2.75, 3.05) is 19.8 Å². The van der Waals surface area contributed by atoms with Gasteiger partial charge < -0.3 is 14.2 Å². The van der Waals surface area contributed by atoms with Gasteiger partial charge in [-0.2, -0.15) is 0 Å². The summed E-state index contributed by atoms with van der Waals surface area (Å²) in [5.74, 6) is -1.49. The highest BCUT2D eigenvalue weighted by molar-refractivity contribution is 5.76. The van der Waals surface area contributed by atoms with Gasteiger partial charge in [0.2, 0.25) is 0 Å². The molecule has 0 saturated carbocycles. The van der Waals surface area contributed by atoms with Gasteiger partial charge >= 0.3 is 5.97 Å². The molecule has 1 atom stereocenters. The second-order valence-electron chi connectivity index (χ2n) is 5.29. The number of rotatable bonds is 2. The molecule has 0 bridgehead atoms. The monoisotopic (exact) mass is 274 g/mol. The molecule has 106 valence electrons. The number of ether oxygens (including phenoxy) is 3. The van der Waals surface area contributed by atoms with Crippen LogP contribution in [0.1, 0.15) is 18.9 Å². The smallest absolute Gasteiger partial charge is 0.315 e. The van der Waals surface area contributed by atoms with Crippen LogP contribution < -0.4 is 0 Å². The van der Waals surface area contributed by atoms with Gasteiger partial charge in [0.1, 0.15) is 12.5 Å². The molecule has 3 rings (SSSR count). The first-order valence-electron chi connectivity index (χ1n) is 6.86. The highest BCUT2D eigenvalue weighted by atomic mass is 16.7. The van der Waals surface area contributed by atoms with E-state index in [0.29, 0.717) is 26.2 Å². The number of hydrogen-bond donors (Lipinski definition) is 0. The zero-order chi connectivity index (χ0) is 14.0. The van der Waals surface area contributed by atoms with E-state index in [1.54, 1.807) is 0 Å². The lowest BCUT2D eigenvalue weighted by molar-refractivity contribution is -0.203. The molecule has 0 amide bonds. The van der Waals surface area contributed by atoms with Gasteiger partial charge in [0.15, 0.2) is 5.79 Å². The summed E-state index contributed by atoms with van der Waals surface area (Å²) < 4.78 is 16.5. The van der Waals surface area contributed by atoms with Gasteiger partial charge in [-0.15, -0.1) is 0 Å². The number of benzene rings is 1. The van der Waals surface area contributed by atoms with Crippen molar-refractivity contribution in [1.29, 1.82) is 0 Å². The summed E-state index contributed by atoms with van der Waals surface area (Å²) in [6, 6.07) is 10.0. The fourth-order valence-corrected chi connectivity index (χ4v) is 2.69. The lowest BCUT2D eigenvalue weighted by Crippen LogP contribution is -2.44. The summed E-state index contributed by atoms with van der Waals surface area (Å²) >= 11 is 0. The molecular weight excluding hydrogens is 256 g/mol. The summed E-state index contributed by atoms with van der Waals surface area (Å²) in [7, 11) is 0. The Bertz CT molecular complexity index is 515. The number of cyclic esters (lactones) is 1. The molecule has 4 nitrogen and oxygen atoms in total. The molecule has 2 heterocycles. The summed E-state index contributed by atoms with van der Waals surface area (Å²) in [6.45, 7) is 3.22. The van der Waals surface area contributed by atoms with Crippen LogP contribution >= 0.6 is 0 Å². The third-order valence-corrected chi connectivity index (χ3v) is 3.81. The summed E-state index contributed by atoms with van der Waals surface area (Å²) in [5.41, 5.74) is 2.19. The Morgan fingerprint density at radius 1 is 1.20 bits per heavy atom. The van der Waals surface area contributed by atoms with Crippen LogP contribution in [-0.2, 0) is 19.0 Å². The van der Waals surface area contributed by atoms with E-state index in [0.717, 1.165) is 11.1 Å². The van der Waals surface area contributed by atoms with Crippen LogP contribution in [0.4, 0.5) is 0 Å². The van der Waals surface area contributed by atoms with Crippen LogP contribution in [0.15, 0.2) is 35.9 Å². The SMILES string of the molecule is CC1(C2CC(=Cc3ccccc3)COC2=O)OCCO1. The Labute approximate surface area is 118 Å². The minimum absolute atomic E-state index is 0.236. The van der Waals surface area contributed by atoms with E-state index in [-0.39, 0.29) is 5.97 Å². The normalized spacial score (nSPS) is 27.6. The Hall–Kier alpha value is -1.65. The van der Waals surface area contributed by atoms with Crippen molar-refractivity contribution < 1.29 is 19.0 Å². The van der Waals surface area contributed by atoms with Gasteiger partial charge in [-0.1, -0.05) is 36.4 Å². The molecule has 0 aliphatic carbocycles. The number of hydrogen-bond acceptors (Lipinski definition) is 4. The molecule has 20 heavy (non-hydrogen) atoms. The number of carbonyl (C=O) groups is 1. The quantitative estimate of drug-likeness (QED) is 0.777. The minimum atomic E-state index is -0.854. The second-order valence-corrected chi connectivity index (χ2v) is 5.29. The van der Waals surface area contributed by atoms with Gasteiger partial charge in [0, 0.05) is 0 Å². The van der Waals surface area contributed by atoms with Crippen LogP contribution in [0.2, 0.25) is 0 Å². The maximum absolute atomic E-state index is 12.0. The van der Waals surface area contributed by atoms with Crippen LogP contribution in [0.5, 0.6) is 0 Å². The molecule has 2 fully saturated rings. The van der Waals surface area contributed by atoms with Gasteiger partial charge in [0.25, 0.3) is 0 Å². The highest BCUT2D eigenvalue weighted by Gasteiger charge is 2.47. The molecule has 0 aromatic heterocycles. The molecule has 2 saturated heterocycles. The van der Waals surface area contributed by atoms with Crippen LogP contribution in [-0.4, -0.2) is 31.6 Å². The molecule has 2 aliphatic rings. The van der Waals surface area contributed by atoms with Crippen LogP contribution in [0, 0.1) is 5.92 Å². The topological polar surface area (TPSA) is 44.8 Å². The number of esters is 1. The largest absolute Gasteiger partial charge is 0.461 e. The van der Waals surface area contributed by atoms with Gasteiger partial charge in [-0.3, -0.25) is 4.79 Å². The maximum Gasteiger partial charge on any atom is 0.315 e. The number of carbonyl (C=O) groups excluding carboxylic acids is 1. The van der Waals surface area contributed by atoms with E-state index >= 15 is 0 Å². The maximum atomic E-state index is 12.0. The first-order valence-corrected chi connectivity index (χ1v) is 6.86. The van der Waals surface area contributed by atoms with E-state index < -0.39 is 11.7 Å². The molecule has 0 spiro atoms. The zero-order valence-electron chi connectivity index (χ0n) is 11.5. The predicted octanol–water partition coefficient (Wildman–Crippen LogP) is 2.40. The van der Waals surface area contributed by atoms with E-state index in [9.17, 15) is 4.79 Å². The van der Waals surface area contributed by atoms with Crippen LogP contribution in [0.3, 0.4) is 0 Å². The fourth-order valence-electron chi connectivity index (χ4n) is 2.69. The predicted molar refractivity (Wildman–Crippen MR) is 73.8 cm³/mol. The van der Waals surface area contributed by atoms with Crippen molar-refractivity contribution in [2.45, 2.75) is 19.1 Å². The van der Waals surface area contributed by atoms with Gasteiger partial charge in [-0.05, 0) is 24.5 Å². The van der Waals surface area contributed by atoms with Gasteiger partial charge in [0.05, 0.1) is 13.2 Å². The van der Waals surface area contributed by atoms with E-state index in [1.807, 2.05) is 37.3 Å².